The van der Waals surface area contributed by atoms with Crippen molar-refractivity contribution in [3.05, 3.63) is 164 Å². The van der Waals surface area contributed by atoms with Gasteiger partial charge in [-0.15, -0.1) is 0 Å². The lowest BCUT2D eigenvalue weighted by molar-refractivity contribution is 0.483. The molecule has 0 saturated carbocycles. The van der Waals surface area contributed by atoms with Crippen LogP contribution < -0.4 is 33.7 Å². The highest BCUT2D eigenvalue weighted by Gasteiger charge is 2.60. The summed E-state index contributed by atoms with van der Waals surface area (Å²) in [7, 11) is -3.55. The average molecular weight is 638 g/mol. The Morgan fingerprint density at radius 1 is 0.396 bits per heavy atom. The molecular formula is C41H27N3O3Si. The topological polar surface area (TPSA) is 47.1 Å². The number of ether oxygens (including phenoxy) is 3. The van der Waals surface area contributed by atoms with Crippen LogP contribution in [0.2, 0.25) is 0 Å². The number of aromatic nitrogens is 1. The van der Waals surface area contributed by atoms with E-state index < -0.39 is 8.40 Å². The van der Waals surface area contributed by atoms with Crippen LogP contribution in [0.4, 0.5) is 22.7 Å². The van der Waals surface area contributed by atoms with Crippen molar-refractivity contribution in [3.8, 4) is 45.6 Å². The minimum Gasteiger partial charge on any atom is -0.455 e. The first-order chi connectivity index (χ1) is 23.8. The third-order valence-corrected chi connectivity index (χ3v) is 13.9. The van der Waals surface area contributed by atoms with Crippen LogP contribution in [-0.2, 0) is 0 Å². The van der Waals surface area contributed by atoms with Gasteiger partial charge in [-0.1, -0.05) is 84.9 Å². The summed E-state index contributed by atoms with van der Waals surface area (Å²) in [6.07, 6.45) is 3.70. The maximum absolute atomic E-state index is 7.00. The molecule has 0 radical (unpaired) electrons. The number of pyridine rings is 1. The summed E-state index contributed by atoms with van der Waals surface area (Å²) in [5.74, 6) is 4.64. The third-order valence-electron chi connectivity index (χ3n) is 9.35. The number of anilines is 4. The Labute approximate surface area is 278 Å². The zero-order valence-corrected chi connectivity index (χ0v) is 26.7. The van der Waals surface area contributed by atoms with Crippen molar-refractivity contribution in [3.63, 3.8) is 0 Å². The number of hydrogen-bond donors (Lipinski definition) is 0. The van der Waals surface area contributed by atoms with Crippen molar-refractivity contribution in [1.82, 2.24) is 4.98 Å². The van der Waals surface area contributed by atoms with Gasteiger partial charge < -0.3 is 23.3 Å². The van der Waals surface area contributed by atoms with Gasteiger partial charge in [-0.3, -0.25) is 4.98 Å². The van der Waals surface area contributed by atoms with Crippen molar-refractivity contribution in [1.29, 1.82) is 0 Å². The lowest BCUT2D eigenvalue weighted by Gasteiger charge is -2.51. The van der Waals surface area contributed by atoms with Gasteiger partial charge in [0.25, 0.3) is 0 Å². The zero-order valence-electron chi connectivity index (χ0n) is 25.7. The van der Waals surface area contributed by atoms with Gasteiger partial charge >= 0.3 is 8.40 Å². The van der Waals surface area contributed by atoms with E-state index in [1.54, 1.807) is 6.20 Å². The standard InChI is InChI=1S/C41H27N3O3Si/c1-4-16-34-30(13-1)43-31-14-2-5-17-35(31)46-38-19-7-9-21-40(38)48(43)41-22-10-8-20-39(41)47-36-18-6-3-15-32(36)44(48)33-26-28(23-24-37(33)45-34)29-12-11-25-42-27-29/h1-27H. The molecular weight excluding hydrogens is 611 g/mol. The third kappa shape index (κ3) is 3.76. The maximum atomic E-state index is 7.00. The summed E-state index contributed by atoms with van der Waals surface area (Å²) in [5, 5.41) is 2.17. The zero-order chi connectivity index (χ0) is 31.7. The van der Waals surface area contributed by atoms with Crippen LogP contribution in [0.5, 0.6) is 34.5 Å². The number of nitrogens with zero attached hydrogens (tertiary/aromatic N) is 3. The van der Waals surface area contributed by atoms with Gasteiger partial charge in [-0.2, -0.15) is 0 Å². The van der Waals surface area contributed by atoms with E-state index in [1.165, 1.54) is 0 Å². The first-order valence-corrected chi connectivity index (χ1v) is 17.8. The molecule has 48 heavy (non-hydrogen) atoms. The van der Waals surface area contributed by atoms with Crippen LogP contribution in [0, 0.1) is 0 Å². The van der Waals surface area contributed by atoms with Crippen molar-refractivity contribution in [2.75, 3.05) is 9.13 Å². The molecule has 0 saturated heterocycles. The highest BCUT2D eigenvalue weighted by Crippen LogP contribution is 2.56. The van der Waals surface area contributed by atoms with E-state index in [0.29, 0.717) is 0 Å². The molecule has 1 spiro atoms. The van der Waals surface area contributed by atoms with E-state index in [1.807, 2.05) is 48.7 Å². The first-order valence-electron chi connectivity index (χ1n) is 16.0. The molecule has 3 aliphatic heterocycles. The van der Waals surface area contributed by atoms with Crippen molar-refractivity contribution < 1.29 is 14.2 Å². The van der Waals surface area contributed by atoms with E-state index in [-0.39, 0.29) is 0 Å². The Balaban J connectivity index is 1.46. The second-order valence-electron chi connectivity index (χ2n) is 12.0. The van der Waals surface area contributed by atoms with Crippen LogP contribution in [0.3, 0.4) is 0 Å². The highest BCUT2D eigenvalue weighted by molar-refractivity contribution is 7.10. The molecule has 6 aromatic carbocycles. The molecule has 10 rings (SSSR count). The number of hydrogen-bond acceptors (Lipinski definition) is 6. The Hall–Kier alpha value is -6.31. The van der Waals surface area contributed by atoms with Gasteiger partial charge in [0.15, 0.2) is 5.75 Å². The summed E-state index contributed by atoms with van der Waals surface area (Å²) < 4.78 is 25.9. The molecule has 7 aromatic rings. The molecule has 3 aliphatic rings. The van der Waals surface area contributed by atoms with E-state index >= 15 is 0 Å². The second kappa shape index (κ2) is 10.4. The normalized spacial score (nSPS) is 16.4. The molecule has 1 unspecified atom stereocenters. The fraction of sp³-hybridized carbons (Fsp3) is 0. The van der Waals surface area contributed by atoms with Crippen LogP contribution in [0.25, 0.3) is 11.1 Å². The van der Waals surface area contributed by atoms with Crippen molar-refractivity contribution >= 4 is 41.5 Å². The Morgan fingerprint density at radius 2 is 0.854 bits per heavy atom. The molecule has 0 bridgehead atoms. The highest BCUT2D eigenvalue weighted by atomic mass is 28.3. The van der Waals surface area contributed by atoms with Gasteiger partial charge in [0, 0.05) is 28.3 Å². The van der Waals surface area contributed by atoms with Gasteiger partial charge in [0.05, 0.1) is 22.7 Å². The average Bonchev–Trinajstić information content (AvgIpc) is 3.34. The Bertz CT molecular complexity index is 2340. The van der Waals surface area contributed by atoms with Crippen LogP contribution in [0.1, 0.15) is 0 Å². The summed E-state index contributed by atoms with van der Waals surface area (Å²) in [4.78, 5) is 4.45. The molecule has 7 heteroatoms. The Morgan fingerprint density at radius 3 is 1.40 bits per heavy atom. The fourth-order valence-corrected chi connectivity index (χ4v) is 12.6. The predicted molar refractivity (Wildman–Crippen MR) is 191 cm³/mol. The monoisotopic (exact) mass is 637 g/mol. The minimum atomic E-state index is -3.55. The molecule has 4 heterocycles. The molecule has 0 N–H and O–H groups in total. The number of fused-ring (bicyclic) bond motifs is 10. The molecule has 0 amide bonds. The van der Waals surface area contributed by atoms with Gasteiger partial charge in [0.2, 0.25) is 0 Å². The predicted octanol–water partition coefficient (Wildman–Crippen LogP) is 9.30. The quantitative estimate of drug-likeness (QED) is 0.167. The van der Waals surface area contributed by atoms with E-state index in [9.17, 15) is 0 Å². The van der Waals surface area contributed by atoms with Gasteiger partial charge in [0.1, 0.15) is 28.7 Å². The summed E-state index contributed by atoms with van der Waals surface area (Å²) in [6.45, 7) is 0. The van der Waals surface area contributed by atoms with E-state index in [4.69, 9.17) is 14.2 Å². The molecule has 0 aliphatic carbocycles. The number of benzene rings is 6. The molecule has 1 aromatic heterocycles. The van der Waals surface area contributed by atoms with Crippen molar-refractivity contribution in [2.24, 2.45) is 0 Å². The fourth-order valence-electron chi connectivity index (χ4n) is 7.40. The number of para-hydroxylation sites is 8. The lowest BCUT2D eigenvalue weighted by atomic mass is 10.1. The summed E-state index contributed by atoms with van der Waals surface area (Å²) in [6, 6.07) is 52.4. The smallest absolute Gasteiger partial charge is 0.348 e. The van der Waals surface area contributed by atoms with E-state index in [0.717, 1.165) is 78.7 Å². The largest absolute Gasteiger partial charge is 0.455 e. The molecule has 6 nitrogen and oxygen atoms in total. The van der Waals surface area contributed by atoms with Crippen molar-refractivity contribution in [2.45, 2.75) is 0 Å². The van der Waals surface area contributed by atoms with Crippen LogP contribution in [-0.4, -0.2) is 13.4 Å². The second-order valence-corrected chi connectivity index (χ2v) is 15.3. The first kappa shape index (κ1) is 26.9. The van der Waals surface area contributed by atoms with E-state index in [2.05, 4.69) is 123 Å². The minimum absolute atomic E-state index is 0.742. The summed E-state index contributed by atoms with van der Waals surface area (Å²) >= 11 is 0. The Kier molecular flexibility index (Phi) is 5.79. The van der Waals surface area contributed by atoms with Gasteiger partial charge in [-0.25, -0.2) is 0 Å². The van der Waals surface area contributed by atoms with Crippen LogP contribution >= 0.6 is 0 Å². The summed E-state index contributed by atoms with van der Waals surface area (Å²) in [5.41, 5.74) is 5.80. The number of rotatable bonds is 1. The van der Waals surface area contributed by atoms with Gasteiger partial charge in [-0.05, 0) is 72.3 Å². The molecule has 1 atom stereocenters. The molecule has 228 valence electrons. The van der Waals surface area contributed by atoms with Crippen LogP contribution in [0.15, 0.2) is 164 Å². The maximum Gasteiger partial charge on any atom is 0.348 e. The molecule has 0 fully saturated rings. The lowest BCUT2D eigenvalue weighted by Crippen LogP contribution is -2.78. The SMILES string of the molecule is c1cncc(-c2ccc3c(c2)N2c4ccccc4Oc4ccccc4[Si]24c2ccccc2Oc2ccccc2N4c2ccccc2O3)c1.